The molecule has 1 nitrogen and oxygen atoms in total. The normalized spacial score (nSPS) is 21.4. The molecule has 1 aliphatic carbocycles. The van der Waals surface area contributed by atoms with Gasteiger partial charge in [-0.15, -0.1) is 0 Å². The van der Waals surface area contributed by atoms with Gasteiger partial charge in [0, 0.05) is 17.8 Å². The van der Waals surface area contributed by atoms with Gasteiger partial charge in [0.1, 0.15) is 0 Å². The fourth-order valence-electron chi connectivity index (χ4n) is 2.60. The maximum absolute atomic E-state index is 2.45. The second-order valence-corrected chi connectivity index (χ2v) is 4.14. The predicted molar refractivity (Wildman–Crippen MR) is 69.5 cm³/mol. The number of hydrogen-bond donors (Lipinski definition) is 0. The summed E-state index contributed by atoms with van der Waals surface area (Å²) in [5.41, 5.74) is 4.16. The molecule has 0 spiro atoms. The largest absolute Gasteiger partial charge is 0.361 e. The van der Waals surface area contributed by atoms with Gasteiger partial charge in [0.15, 0.2) is 0 Å². The fraction of sp³-hybridized carbons (Fsp3) is 0.200. The molecular formula is C15H15N. The molecule has 0 radical (unpaired) electrons. The molecule has 0 bridgehead atoms. The lowest BCUT2D eigenvalue weighted by molar-refractivity contribution is 0.850. The van der Waals surface area contributed by atoms with Crippen LogP contribution in [0.25, 0.3) is 5.57 Å². The van der Waals surface area contributed by atoms with Crippen LogP contribution in [0, 0.1) is 0 Å². The van der Waals surface area contributed by atoms with Crippen molar-refractivity contribution in [2.24, 2.45) is 0 Å². The molecule has 1 heteroatoms. The van der Waals surface area contributed by atoms with E-state index in [2.05, 4.69) is 66.5 Å². The number of benzene rings is 1. The Bertz CT molecular complexity index is 494. The first-order valence-corrected chi connectivity index (χ1v) is 5.83. The summed E-state index contributed by atoms with van der Waals surface area (Å²) >= 11 is 0. The van der Waals surface area contributed by atoms with E-state index in [9.17, 15) is 0 Å². The minimum Gasteiger partial charge on any atom is -0.361 e. The minimum absolute atomic E-state index is 0.414. The molecule has 0 amide bonds. The maximum atomic E-state index is 2.45. The molecular weight excluding hydrogens is 194 g/mol. The molecule has 80 valence electrons. The Morgan fingerprint density at radius 3 is 2.88 bits per heavy atom. The monoisotopic (exact) mass is 209 g/mol. The Morgan fingerprint density at radius 1 is 1.12 bits per heavy atom. The maximum Gasteiger partial charge on any atom is 0.0736 e. The molecule has 0 saturated heterocycles. The van der Waals surface area contributed by atoms with Crippen LogP contribution in [0.1, 0.15) is 12.5 Å². The summed E-state index contributed by atoms with van der Waals surface area (Å²) in [4.78, 5) is 2.45. The van der Waals surface area contributed by atoms with Crippen molar-refractivity contribution in [3.63, 3.8) is 0 Å². The van der Waals surface area contributed by atoms with Gasteiger partial charge >= 0.3 is 0 Å². The number of rotatable bonds is 1. The number of likely N-dealkylation sites (N-methyl/N-ethyl adjacent to an activating group) is 1. The zero-order valence-electron chi connectivity index (χ0n) is 9.43. The summed E-state index contributed by atoms with van der Waals surface area (Å²) in [7, 11) is 0. The van der Waals surface area contributed by atoms with Crippen LogP contribution in [0.2, 0.25) is 0 Å². The lowest BCUT2D eigenvalue weighted by Crippen LogP contribution is -2.29. The molecule has 0 fully saturated rings. The number of anilines is 1. The van der Waals surface area contributed by atoms with E-state index in [-0.39, 0.29) is 0 Å². The van der Waals surface area contributed by atoms with Crippen LogP contribution < -0.4 is 4.90 Å². The molecule has 1 unspecified atom stereocenters. The van der Waals surface area contributed by atoms with Crippen molar-refractivity contribution in [3.05, 3.63) is 60.2 Å². The summed E-state index contributed by atoms with van der Waals surface area (Å²) < 4.78 is 0. The van der Waals surface area contributed by atoms with Crippen molar-refractivity contribution in [2.75, 3.05) is 11.4 Å². The molecule has 16 heavy (non-hydrogen) atoms. The molecule has 3 rings (SSSR count). The number of allylic oxidation sites excluding steroid dienone is 4. The third-order valence-electron chi connectivity index (χ3n) is 3.31. The van der Waals surface area contributed by atoms with E-state index >= 15 is 0 Å². The van der Waals surface area contributed by atoms with Gasteiger partial charge < -0.3 is 4.90 Å². The average Bonchev–Trinajstić information content (AvgIpc) is 2.49. The summed E-state index contributed by atoms with van der Waals surface area (Å²) in [5, 5.41) is 0. The second kappa shape index (κ2) is 3.67. The summed E-state index contributed by atoms with van der Waals surface area (Å²) in [6.07, 6.45) is 10.9. The minimum atomic E-state index is 0.414. The highest BCUT2D eigenvalue weighted by molar-refractivity contribution is 5.90. The smallest absolute Gasteiger partial charge is 0.0736 e. The van der Waals surface area contributed by atoms with Crippen LogP contribution in [0.5, 0.6) is 0 Å². The van der Waals surface area contributed by atoms with Crippen LogP contribution >= 0.6 is 0 Å². The molecule has 1 aromatic rings. The summed E-state index contributed by atoms with van der Waals surface area (Å²) in [6.45, 7) is 3.26. The van der Waals surface area contributed by atoms with Crippen molar-refractivity contribution in [1.82, 2.24) is 0 Å². The number of para-hydroxylation sites is 1. The molecule has 1 heterocycles. The third-order valence-corrected chi connectivity index (χ3v) is 3.31. The van der Waals surface area contributed by atoms with Crippen molar-refractivity contribution in [2.45, 2.75) is 13.0 Å². The summed E-state index contributed by atoms with van der Waals surface area (Å²) in [6, 6.07) is 9.08. The van der Waals surface area contributed by atoms with Crippen molar-refractivity contribution < 1.29 is 0 Å². The fourth-order valence-corrected chi connectivity index (χ4v) is 2.60. The van der Waals surface area contributed by atoms with E-state index in [1.54, 1.807) is 0 Å². The topological polar surface area (TPSA) is 3.24 Å². The highest BCUT2D eigenvalue weighted by Gasteiger charge is 2.30. The first kappa shape index (κ1) is 9.46. The van der Waals surface area contributed by atoms with Gasteiger partial charge in [-0.2, -0.15) is 0 Å². The van der Waals surface area contributed by atoms with Crippen LogP contribution in [0.15, 0.2) is 54.6 Å². The van der Waals surface area contributed by atoms with E-state index in [1.807, 2.05) is 0 Å². The van der Waals surface area contributed by atoms with Crippen LogP contribution in [-0.2, 0) is 0 Å². The van der Waals surface area contributed by atoms with E-state index in [1.165, 1.54) is 16.8 Å². The number of nitrogens with zero attached hydrogens (tertiary/aromatic N) is 1. The van der Waals surface area contributed by atoms with E-state index in [0.29, 0.717) is 6.04 Å². The van der Waals surface area contributed by atoms with E-state index in [0.717, 1.165) is 6.54 Å². The Balaban J connectivity index is 2.20. The predicted octanol–water partition coefficient (Wildman–Crippen LogP) is 3.40. The van der Waals surface area contributed by atoms with Crippen LogP contribution in [0.3, 0.4) is 0 Å². The molecule has 1 aromatic carbocycles. The highest BCUT2D eigenvalue weighted by atomic mass is 15.2. The number of hydrogen-bond acceptors (Lipinski definition) is 1. The quantitative estimate of drug-likeness (QED) is 0.685. The van der Waals surface area contributed by atoms with E-state index < -0.39 is 0 Å². The molecule has 0 N–H and O–H groups in total. The molecule has 1 aliphatic heterocycles. The first-order chi connectivity index (χ1) is 7.92. The van der Waals surface area contributed by atoms with E-state index in [4.69, 9.17) is 0 Å². The van der Waals surface area contributed by atoms with Gasteiger partial charge in [-0.25, -0.2) is 0 Å². The molecule has 0 saturated carbocycles. The summed E-state index contributed by atoms with van der Waals surface area (Å²) in [5.74, 6) is 0. The Morgan fingerprint density at radius 2 is 2.00 bits per heavy atom. The lowest BCUT2D eigenvalue weighted by Gasteiger charge is -2.23. The van der Waals surface area contributed by atoms with Crippen LogP contribution in [-0.4, -0.2) is 12.6 Å². The van der Waals surface area contributed by atoms with Gasteiger partial charge in [-0.1, -0.05) is 48.6 Å². The first-order valence-electron chi connectivity index (χ1n) is 5.83. The molecule has 2 aliphatic rings. The zero-order valence-corrected chi connectivity index (χ0v) is 9.43. The average molecular weight is 209 g/mol. The Kier molecular flexibility index (Phi) is 2.17. The number of fused-ring (bicyclic) bond motifs is 3. The molecule has 1 atom stereocenters. The van der Waals surface area contributed by atoms with Gasteiger partial charge in [0.05, 0.1) is 6.04 Å². The van der Waals surface area contributed by atoms with Gasteiger partial charge in [-0.3, -0.25) is 0 Å². The highest BCUT2D eigenvalue weighted by Crippen LogP contribution is 2.41. The van der Waals surface area contributed by atoms with Crippen LogP contribution in [0.4, 0.5) is 5.69 Å². The van der Waals surface area contributed by atoms with Crippen molar-refractivity contribution in [1.29, 1.82) is 0 Å². The Hall–Kier alpha value is -1.76. The Labute approximate surface area is 96.4 Å². The van der Waals surface area contributed by atoms with Gasteiger partial charge in [0.2, 0.25) is 0 Å². The van der Waals surface area contributed by atoms with Crippen molar-refractivity contribution >= 4 is 11.3 Å². The lowest BCUT2D eigenvalue weighted by atomic mass is 10.0. The molecule has 0 aromatic heterocycles. The van der Waals surface area contributed by atoms with Gasteiger partial charge in [-0.05, 0) is 18.6 Å². The third kappa shape index (κ3) is 1.25. The van der Waals surface area contributed by atoms with Gasteiger partial charge in [0.25, 0.3) is 0 Å². The second-order valence-electron chi connectivity index (χ2n) is 4.14. The SMILES string of the molecule is CCN1c2ccccc2C2=CC=CC=CC21. The van der Waals surface area contributed by atoms with Crippen molar-refractivity contribution in [3.8, 4) is 0 Å². The standard InChI is InChI=1S/C15H15N/c1-2-16-14-10-5-3-4-8-12(14)13-9-6-7-11-15(13)16/h3-11,14H,2H2,1H3. The zero-order chi connectivity index (χ0) is 11.0.